The molecule has 2 N–H and O–H groups in total. The van der Waals surface area contributed by atoms with Crippen molar-refractivity contribution in [1.82, 2.24) is 4.31 Å². The molecule has 1 saturated heterocycles. The van der Waals surface area contributed by atoms with Crippen LogP contribution < -0.4 is 5.73 Å². The zero-order valence-electron chi connectivity index (χ0n) is 11.3. The molecule has 0 aromatic rings. The zero-order valence-corrected chi connectivity index (χ0v) is 12.2. The Kier molecular flexibility index (Phi) is 5.12. The maximum Gasteiger partial charge on any atom is 0.424 e. The van der Waals surface area contributed by atoms with Crippen LogP contribution in [0.4, 0.5) is 4.79 Å². The minimum absolute atomic E-state index is 0.188. The van der Waals surface area contributed by atoms with E-state index in [1.54, 1.807) is 20.8 Å². The number of nitrogens with two attached hydrogens (primary N) is 1. The van der Waals surface area contributed by atoms with Gasteiger partial charge in [0.05, 0.1) is 12.6 Å². The Balaban J connectivity index is 2.76. The second-order valence-corrected chi connectivity index (χ2v) is 6.39. The molecule has 1 aliphatic heterocycles. The summed E-state index contributed by atoms with van der Waals surface area (Å²) in [4.78, 5) is 12.0. The molecular formula is C11H22N2O4S. The average molecular weight is 278 g/mol. The second kappa shape index (κ2) is 5.99. The molecule has 1 aliphatic rings. The van der Waals surface area contributed by atoms with Crippen LogP contribution in [0, 0.1) is 0 Å². The molecule has 0 radical (unpaired) electrons. The van der Waals surface area contributed by atoms with Crippen molar-refractivity contribution >= 4 is 17.4 Å². The summed E-state index contributed by atoms with van der Waals surface area (Å²) in [5.74, 6) is 0. The smallest absolute Gasteiger partial charge is 0.424 e. The van der Waals surface area contributed by atoms with Gasteiger partial charge in [-0.05, 0) is 27.2 Å². The summed E-state index contributed by atoms with van der Waals surface area (Å²) in [7, 11) is 0. The predicted molar refractivity (Wildman–Crippen MR) is 68.8 cm³/mol. The Hall–Kier alpha value is -0.660. The van der Waals surface area contributed by atoms with Crippen LogP contribution in [-0.2, 0) is 20.2 Å². The van der Waals surface area contributed by atoms with E-state index in [2.05, 4.69) is 0 Å². The van der Waals surface area contributed by atoms with Crippen LogP contribution in [0.2, 0.25) is 0 Å². The van der Waals surface area contributed by atoms with Crippen LogP contribution in [0.5, 0.6) is 0 Å². The van der Waals surface area contributed by atoms with Crippen molar-refractivity contribution in [3.63, 3.8) is 0 Å². The molecule has 0 bridgehead atoms. The molecule has 1 fully saturated rings. The summed E-state index contributed by atoms with van der Waals surface area (Å²) in [6, 6.07) is -0.644. The standard InChI is InChI=1S/C11H22N2O4S/c1-5-6-8(12)9-7-16-18(15)13(9)10(14)17-11(2,3)4/h8-9H,5-7,12H2,1-4H3/t8?,9-,18?/m1/s1. The molecule has 18 heavy (non-hydrogen) atoms. The van der Waals surface area contributed by atoms with Crippen LogP contribution in [0.15, 0.2) is 0 Å². The first-order chi connectivity index (χ1) is 8.26. The van der Waals surface area contributed by atoms with Gasteiger partial charge in [-0.25, -0.2) is 9.00 Å². The van der Waals surface area contributed by atoms with Crippen LogP contribution >= 0.6 is 0 Å². The Morgan fingerprint density at radius 3 is 2.72 bits per heavy atom. The van der Waals surface area contributed by atoms with Gasteiger partial charge in [-0.2, -0.15) is 4.31 Å². The quantitative estimate of drug-likeness (QED) is 0.842. The summed E-state index contributed by atoms with van der Waals surface area (Å²) in [5, 5.41) is 0. The second-order valence-electron chi connectivity index (χ2n) is 5.33. The number of ether oxygens (including phenoxy) is 1. The van der Waals surface area contributed by atoms with Crippen molar-refractivity contribution in [1.29, 1.82) is 0 Å². The number of amides is 1. The molecule has 0 aromatic carbocycles. The molecule has 3 atom stereocenters. The summed E-state index contributed by atoms with van der Waals surface area (Å²) < 4.78 is 23.0. The molecule has 7 heteroatoms. The third kappa shape index (κ3) is 3.93. The molecule has 0 saturated carbocycles. The third-order valence-corrected chi connectivity index (χ3v) is 3.57. The first-order valence-electron chi connectivity index (χ1n) is 6.09. The topological polar surface area (TPSA) is 81.9 Å². The molecule has 106 valence electrons. The van der Waals surface area contributed by atoms with Crippen molar-refractivity contribution in [3.05, 3.63) is 0 Å². The van der Waals surface area contributed by atoms with E-state index in [4.69, 9.17) is 14.7 Å². The molecule has 2 unspecified atom stereocenters. The van der Waals surface area contributed by atoms with Gasteiger partial charge in [0.15, 0.2) is 0 Å². The fourth-order valence-electron chi connectivity index (χ4n) is 1.69. The number of nitrogens with zero attached hydrogens (tertiary/aromatic N) is 1. The summed E-state index contributed by atoms with van der Waals surface area (Å²) >= 11 is -1.80. The molecule has 1 rings (SSSR count). The van der Waals surface area contributed by atoms with Gasteiger partial charge in [0.2, 0.25) is 0 Å². The first-order valence-corrected chi connectivity index (χ1v) is 7.12. The Morgan fingerprint density at radius 1 is 1.61 bits per heavy atom. The van der Waals surface area contributed by atoms with Gasteiger partial charge in [0.1, 0.15) is 5.60 Å². The van der Waals surface area contributed by atoms with E-state index in [-0.39, 0.29) is 18.7 Å². The van der Waals surface area contributed by atoms with Gasteiger partial charge < -0.3 is 10.5 Å². The highest BCUT2D eigenvalue weighted by atomic mass is 32.2. The Morgan fingerprint density at radius 2 is 2.22 bits per heavy atom. The minimum Gasteiger partial charge on any atom is -0.443 e. The van der Waals surface area contributed by atoms with Gasteiger partial charge in [0.25, 0.3) is 11.3 Å². The molecule has 1 amide bonds. The van der Waals surface area contributed by atoms with Crippen LogP contribution in [0.1, 0.15) is 40.5 Å². The van der Waals surface area contributed by atoms with Crippen LogP contribution in [0.3, 0.4) is 0 Å². The number of carbonyl (C=O) groups is 1. The monoisotopic (exact) mass is 278 g/mol. The maximum absolute atomic E-state index is 12.0. The van der Waals surface area contributed by atoms with Crippen LogP contribution in [-0.4, -0.2) is 38.9 Å². The average Bonchev–Trinajstić information content (AvgIpc) is 2.58. The molecule has 0 aliphatic carbocycles. The number of carbonyl (C=O) groups excluding carboxylic acids is 1. The molecule has 0 aromatic heterocycles. The molecule has 1 heterocycles. The lowest BCUT2D eigenvalue weighted by Gasteiger charge is -2.28. The summed E-state index contributed by atoms with van der Waals surface area (Å²) in [5.41, 5.74) is 5.34. The van der Waals surface area contributed by atoms with E-state index in [9.17, 15) is 9.00 Å². The van der Waals surface area contributed by atoms with Crippen molar-refractivity contribution < 1.29 is 17.9 Å². The largest absolute Gasteiger partial charge is 0.443 e. The maximum atomic E-state index is 12.0. The van der Waals surface area contributed by atoms with E-state index in [1.807, 2.05) is 6.92 Å². The van der Waals surface area contributed by atoms with Gasteiger partial charge in [-0.15, -0.1) is 0 Å². The van der Waals surface area contributed by atoms with E-state index in [1.165, 1.54) is 0 Å². The summed E-state index contributed by atoms with van der Waals surface area (Å²) in [6.07, 6.45) is 0.992. The third-order valence-electron chi connectivity index (χ3n) is 2.49. The van der Waals surface area contributed by atoms with E-state index < -0.39 is 23.0 Å². The lowest BCUT2D eigenvalue weighted by molar-refractivity contribution is 0.0346. The van der Waals surface area contributed by atoms with Gasteiger partial charge in [-0.1, -0.05) is 13.3 Å². The van der Waals surface area contributed by atoms with Crippen molar-refractivity contribution in [3.8, 4) is 0 Å². The zero-order chi connectivity index (χ0) is 13.9. The lowest BCUT2D eigenvalue weighted by Crippen LogP contribution is -2.49. The molecule has 6 nitrogen and oxygen atoms in total. The Labute approximate surface area is 111 Å². The van der Waals surface area contributed by atoms with E-state index in [0.29, 0.717) is 0 Å². The fourth-order valence-corrected chi connectivity index (χ4v) is 2.66. The normalized spacial score (nSPS) is 26.2. The van der Waals surface area contributed by atoms with E-state index in [0.717, 1.165) is 17.1 Å². The number of hydrogen-bond acceptors (Lipinski definition) is 5. The van der Waals surface area contributed by atoms with Gasteiger partial charge in [-0.3, -0.25) is 4.18 Å². The first kappa shape index (κ1) is 15.4. The molecule has 0 spiro atoms. The minimum atomic E-state index is -1.80. The van der Waals surface area contributed by atoms with Crippen molar-refractivity contribution in [2.45, 2.75) is 58.2 Å². The van der Waals surface area contributed by atoms with Crippen molar-refractivity contribution in [2.24, 2.45) is 5.73 Å². The number of hydrogen-bond donors (Lipinski definition) is 1. The summed E-state index contributed by atoms with van der Waals surface area (Å²) in [6.45, 7) is 7.46. The lowest BCUT2D eigenvalue weighted by atomic mass is 10.1. The Bertz CT molecular complexity index is 329. The highest BCUT2D eigenvalue weighted by Gasteiger charge is 2.42. The highest BCUT2D eigenvalue weighted by molar-refractivity contribution is 7.78. The SMILES string of the molecule is CCCC(N)[C@H]1COS(=O)N1C(=O)OC(C)(C)C. The van der Waals surface area contributed by atoms with E-state index >= 15 is 0 Å². The fraction of sp³-hybridized carbons (Fsp3) is 0.909. The van der Waals surface area contributed by atoms with Gasteiger partial charge in [0, 0.05) is 6.04 Å². The van der Waals surface area contributed by atoms with Crippen LogP contribution in [0.25, 0.3) is 0 Å². The van der Waals surface area contributed by atoms with Crippen molar-refractivity contribution in [2.75, 3.05) is 6.61 Å². The van der Waals surface area contributed by atoms with Gasteiger partial charge >= 0.3 is 6.09 Å². The predicted octanol–water partition coefficient (Wildman–Crippen LogP) is 1.33. The molecular weight excluding hydrogens is 256 g/mol. The number of rotatable bonds is 3. The highest BCUT2D eigenvalue weighted by Crippen LogP contribution is 2.22.